The van der Waals surface area contributed by atoms with Gasteiger partial charge in [-0.25, -0.2) is 9.07 Å². The first kappa shape index (κ1) is 10.5. The van der Waals surface area contributed by atoms with Gasteiger partial charge in [-0.05, 0) is 18.2 Å². The van der Waals surface area contributed by atoms with Gasteiger partial charge in [0.25, 0.3) is 0 Å². The monoisotopic (exact) mass is 236 g/mol. The molecule has 2 aromatic rings. The summed E-state index contributed by atoms with van der Waals surface area (Å²) in [7, 11) is 0. The Morgan fingerprint density at radius 2 is 2.25 bits per heavy atom. The van der Waals surface area contributed by atoms with Gasteiger partial charge in [0.05, 0.1) is 16.9 Å². The first-order valence-corrected chi connectivity index (χ1v) is 4.70. The maximum Gasteiger partial charge on any atom is 0.145 e. The highest BCUT2D eigenvalue weighted by atomic mass is 35.5. The molecule has 0 fully saturated rings. The molecule has 6 heteroatoms. The highest BCUT2D eigenvalue weighted by molar-refractivity contribution is 6.30. The van der Waals surface area contributed by atoms with E-state index in [1.165, 1.54) is 29.1 Å². The molecule has 1 aromatic heterocycles. The fourth-order valence-corrected chi connectivity index (χ4v) is 1.44. The lowest BCUT2D eigenvalue weighted by Gasteiger charge is -2.04. The molecule has 2 rings (SSSR count). The summed E-state index contributed by atoms with van der Waals surface area (Å²) in [5.74, 6) is -0.318. The molecule has 2 N–H and O–H groups in total. The quantitative estimate of drug-likeness (QED) is 0.825. The van der Waals surface area contributed by atoms with E-state index >= 15 is 0 Å². The molecule has 0 aliphatic carbocycles. The summed E-state index contributed by atoms with van der Waals surface area (Å²) >= 11 is 5.63. The number of anilines is 1. The Balaban J connectivity index is 2.55. The first-order valence-electron chi connectivity index (χ1n) is 4.32. The summed E-state index contributed by atoms with van der Waals surface area (Å²) in [6, 6.07) is 5.98. The van der Waals surface area contributed by atoms with Crippen molar-refractivity contribution in [3.8, 4) is 11.8 Å². The SMILES string of the molecule is N#Cc1cnn(-c2ccc(F)c(Cl)c2)c1N. The van der Waals surface area contributed by atoms with Crippen molar-refractivity contribution in [1.82, 2.24) is 9.78 Å². The number of aromatic nitrogens is 2. The topological polar surface area (TPSA) is 67.6 Å². The second kappa shape index (κ2) is 3.83. The number of rotatable bonds is 1. The molecule has 0 unspecified atom stereocenters. The van der Waals surface area contributed by atoms with Crippen LogP contribution in [0.15, 0.2) is 24.4 Å². The van der Waals surface area contributed by atoms with Crippen LogP contribution in [0.1, 0.15) is 5.56 Å². The lowest BCUT2D eigenvalue weighted by Crippen LogP contribution is -2.02. The predicted molar refractivity (Wildman–Crippen MR) is 57.7 cm³/mol. The number of benzene rings is 1. The molecule has 80 valence electrons. The Labute approximate surface area is 95.7 Å². The number of nitriles is 1. The summed E-state index contributed by atoms with van der Waals surface area (Å²) < 4.78 is 14.3. The van der Waals surface area contributed by atoms with Gasteiger partial charge >= 0.3 is 0 Å². The summed E-state index contributed by atoms with van der Waals surface area (Å²) in [5, 5.41) is 12.6. The molecule has 0 radical (unpaired) electrons. The zero-order chi connectivity index (χ0) is 11.7. The van der Waals surface area contributed by atoms with Crippen LogP contribution in [0.3, 0.4) is 0 Å². The molecular weight excluding hydrogens is 231 g/mol. The third kappa shape index (κ3) is 1.59. The Morgan fingerprint density at radius 3 is 2.81 bits per heavy atom. The van der Waals surface area contributed by atoms with E-state index < -0.39 is 5.82 Å². The van der Waals surface area contributed by atoms with Gasteiger partial charge in [0.1, 0.15) is 23.3 Å². The van der Waals surface area contributed by atoms with Crippen molar-refractivity contribution >= 4 is 17.4 Å². The van der Waals surface area contributed by atoms with Crippen LogP contribution in [0, 0.1) is 17.1 Å². The van der Waals surface area contributed by atoms with E-state index in [-0.39, 0.29) is 16.4 Å². The highest BCUT2D eigenvalue weighted by Crippen LogP contribution is 2.21. The zero-order valence-corrected chi connectivity index (χ0v) is 8.74. The molecule has 16 heavy (non-hydrogen) atoms. The van der Waals surface area contributed by atoms with Crippen molar-refractivity contribution in [2.75, 3.05) is 5.73 Å². The third-order valence-corrected chi connectivity index (χ3v) is 2.36. The Kier molecular flexibility index (Phi) is 2.50. The van der Waals surface area contributed by atoms with E-state index in [4.69, 9.17) is 22.6 Å². The Morgan fingerprint density at radius 1 is 1.50 bits per heavy atom. The molecule has 0 aliphatic heterocycles. The van der Waals surface area contributed by atoms with E-state index in [0.717, 1.165) is 0 Å². The molecule has 1 aromatic carbocycles. The molecule has 0 atom stereocenters. The number of nitrogens with two attached hydrogens (primary N) is 1. The summed E-state index contributed by atoms with van der Waals surface area (Å²) in [6.45, 7) is 0. The van der Waals surface area contributed by atoms with Gasteiger partial charge in [-0.1, -0.05) is 11.6 Å². The standard InChI is InChI=1S/C10H6ClFN4/c11-8-3-7(1-2-9(8)12)16-10(14)6(4-13)5-15-16/h1-3,5H,14H2. The summed E-state index contributed by atoms with van der Waals surface area (Å²) in [5.41, 5.74) is 6.44. The van der Waals surface area contributed by atoms with E-state index in [2.05, 4.69) is 5.10 Å². The maximum absolute atomic E-state index is 12.9. The van der Waals surface area contributed by atoms with Gasteiger partial charge in [-0.15, -0.1) is 0 Å². The lowest BCUT2D eigenvalue weighted by atomic mass is 10.3. The summed E-state index contributed by atoms with van der Waals surface area (Å²) in [6.07, 6.45) is 1.34. The number of nitrogens with zero attached hydrogens (tertiary/aromatic N) is 3. The van der Waals surface area contributed by atoms with Crippen LogP contribution in [0.4, 0.5) is 10.2 Å². The molecule has 1 heterocycles. The fourth-order valence-electron chi connectivity index (χ4n) is 1.27. The highest BCUT2D eigenvalue weighted by Gasteiger charge is 2.09. The number of nitrogen functional groups attached to an aromatic ring is 1. The van der Waals surface area contributed by atoms with Crippen molar-refractivity contribution in [2.45, 2.75) is 0 Å². The molecule has 0 saturated carbocycles. The van der Waals surface area contributed by atoms with Crippen LogP contribution in [-0.2, 0) is 0 Å². The van der Waals surface area contributed by atoms with Gasteiger partial charge in [-0.3, -0.25) is 0 Å². The van der Waals surface area contributed by atoms with Crippen molar-refractivity contribution < 1.29 is 4.39 Å². The average molecular weight is 237 g/mol. The molecule has 0 aliphatic rings. The number of halogens is 2. The van der Waals surface area contributed by atoms with Crippen LogP contribution in [0.25, 0.3) is 5.69 Å². The summed E-state index contributed by atoms with van der Waals surface area (Å²) in [4.78, 5) is 0. The van der Waals surface area contributed by atoms with Crippen molar-refractivity contribution in [1.29, 1.82) is 5.26 Å². The van der Waals surface area contributed by atoms with Crippen molar-refractivity contribution in [3.63, 3.8) is 0 Å². The minimum absolute atomic E-state index is 0.0223. The van der Waals surface area contributed by atoms with Crippen LogP contribution in [0.5, 0.6) is 0 Å². The van der Waals surface area contributed by atoms with E-state index in [1.807, 2.05) is 6.07 Å². The molecule has 4 nitrogen and oxygen atoms in total. The van der Waals surface area contributed by atoms with Gasteiger partial charge in [-0.2, -0.15) is 10.4 Å². The molecular formula is C10H6ClFN4. The van der Waals surface area contributed by atoms with Crippen LogP contribution in [-0.4, -0.2) is 9.78 Å². The van der Waals surface area contributed by atoms with Gasteiger partial charge in [0, 0.05) is 0 Å². The first-order chi connectivity index (χ1) is 7.63. The largest absolute Gasteiger partial charge is 0.382 e. The van der Waals surface area contributed by atoms with Crippen LogP contribution >= 0.6 is 11.6 Å². The normalized spacial score (nSPS) is 10.1. The zero-order valence-electron chi connectivity index (χ0n) is 7.98. The average Bonchev–Trinajstić information content (AvgIpc) is 2.64. The Hall–Kier alpha value is -2.06. The minimum atomic E-state index is -0.517. The molecule has 0 amide bonds. The number of hydrogen-bond acceptors (Lipinski definition) is 3. The number of hydrogen-bond donors (Lipinski definition) is 1. The molecule has 0 bridgehead atoms. The van der Waals surface area contributed by atoms with E-state index in [9.17, 15) is 4.39 Å². The van der Waals surface area contributed by atoms with E-state index in [1.54, 1.807) is 0 Å². The molecule has 0 spiro atoms. The van der Waals surface area contributed by atoms with E-state index in [0.29, 0.717) is 5.69 Å². The molecule has 0 saturated heterocycles. The van der Waals surface area contributed by atoms with Gasteiger partial charge in [0.15, 0.2) is 0 Å². The van der Waals surface area contributed by atoms with Gasteiger partial charge in [0.2, 0.25) is 0 Å². The van der Waals surface area contributed by atoms with Crippen LogP contribution < -0.4 is 5.73 Å². The van der Waals surface area contributed by atoms with Crippen LogP contribution in [0.2, 0.25) is 5.02 Å². The predicted octanol–water partition coefficient (Wildman–Crippen LogP) is 2.12. The fraction of sp³-hybridized carbons (Fsp3) is 0. The smallest absolute Gasteiger partial charge is 0.145 e. The van der Waals surface area contributed by atoms with Crippen molar-refractivity contribution in [3.05, 3.63) is 40.8 Å². The maximum atomic E-state index is 12.9. The minimum Gasteiger partial charge on any atom is -0.382 e. The third-order valence-electron chi connectivity index (χ3n) is 2.07. The van der Waals surface area contributed by atoms with Crippen molar-refractivity contribution in [2.24, 2.45) is 0 Å². The second-order valence-corrected chi connectivity index (χ2v) is 3.47. The van der Waals surface area contributed by atoms with Gasteiger partial charge < -0.3 is 5.73 Å². The Bertz CT molecular complexity index is 585. The second-order valence-electron chi connectivity index (χ2n) is 3.07. The lowest BCUT2D eigenvalue weighted by molar-refractivity contribution is 0.627.